The molecule has 3 aromatic rings. The van der Waals surface area contributed by atoms with Gasteiger partial charge in [0.2, 0.25) is 5.91 Å². The van der Waals surface area contributed by atoms with Crippen LogP contribution in [0, 0.1) is 0 Å². The van der Waals surface area contributed by atoms with E-state index < -0.39 is 11.5 Å². The second kappa shape index (κ2) is 7.23. The van der Waals surface area contributed by atoms with E-state index in [0.29, 0.717) is 27.9 Å². The molecule has 7 nitrogen and oxygen atoms in total. The van der Waals surface area contributed by atoms with Gasteiger partial charge in [-0.25, -0.2) is 4.68 Å². The van der Waals surface area contributed by atoms with Crippen LogP contribution in [0.2, 0.25) is 5.02 Å². The number of furan rings is 1. The van der Waals surface area contributed by atoms with Gasteiger partial charge in [-0.2, -0.15) is 5.10 Å². The third kappa shape index (κ3) is 3.89. The second-order valence-corrected chi connectivity index (χ2v) is 5.52. The molecule has 25 heavy (non-hydrogen) atoms. The lowest BCUT2D eigenvalue weighted by atomic mass is 10.3. The molecule has 0 radical (unpaired) electrons. The summed E-state index contributed by atoms with van der Waals surface area (Å²) in [6, 6.07) is 11.1. The van der Waals surface area contributed by atoms with Gasteiger partial charge in [0.15, 0.2) is 5.76 Å². The van der Waals surface area contributed by atoms with E-state index in [4.69, 9.17) is 20.8 Å². The molecular formula is C17H14ClN3O4. The number of nitrogens with zero attached hydrogens (tertiary/aromatic N) is 2. The van der Waals surface area contributed by atoms with Crippen molar-refractivity contribution in [3.8, 4) is 17.2 Å². The topological polar surface area (TPSA) is 86.4 Å². The lowest BCUT2D eigenvalue weighted by Crippen LogP contribution is -2.29. The van der Waals surface area contributed by atoms with Crippen LogP contribution in [0.15, 0.2) is 57.9 Å². The molecule has 0 saturated heterocycles. The van der Waals surface area contributed by atoms with Gasteiger partial charge < -0.3 is 14.5 Å². The summed E-state index contributed by atoms with van der Waals surface area (Å²) in [7, 11) is 1.48. The highest BCUT2D eigenvalue weighted by atomic mass is 35.5. The fraction of sp³-hybridized carbons (Fsp3) is 0.118. The zero-order chi connectivity index (χ0) is 17.8. The molecule has 0 fully saturated rings. The number of carbonyl (C=O) groups is 1. The van der Waals surface area contributed by atoms with Gasteiger partial charge in [0.25, 0.3) is 5.56 Å². The highest BCUT2D eigenvalue weighted by Gasteiger charge is 2.12. The van der Waals surface area contributed by atoms with Crippen LogP contribution in [0.4, 0.5) is 5.69 Å². The number of carbonyl (C=O) groups excluding carboxylic acids is 1. The molecule has 128 valence electrons. The van der Waals surface area contributed by atoms with Crippen molar-refractivity contribution in [3.63, 3.8) is 0 Å². The van der Waals surface area contributed by atoms with E-state index in [1.165, 1.54) is 25.5 Å². The Bertz CT molecular complexity index is 951. The summed E-state index contributed by atoms with van der Waals surface area (Å²) in [6.07, 6.45) is 1.50. The largest absolute Gasteiger partial charge is 0.495 e. The molecule has 1 N–H and O–H groups in total. The van der Waals surface area contributed by atoms with Gasteiger partial charge in [-0.3, -0.25) is 9.59 Å². The summed E-state index contributed by atoms with van der Waals surface area (Å²) in [5.74, 6) is 0.528. The maximum absolute atomic E-state index is 12.3. The number of nitrogens with one attached hydrogen (secondary N) is 1. The molecule has 0 aliphatic heterocycles. The summed E-state index contributed by atoms with van der Waals surface area (Å²) in [6.45, 7) is -0.261. The number of methoxy groups -OCH3 is 1. The average Bonchev–Trinajstić information content (AvgIpc) is 3.11. The molecule has 8 heteroatoms. The molecule has 0 spiro atoms. The van der Waals surface area contributed by atoms with Crippen molar-refractivity contribution < 1.29 is 13.9 Å². The minimum Gasteiger partial charge on any atom is -0.495 e. The number of halogens is 1. The number of amides is 1. The average molecular weight is 360 g/mol. The van der Waals surface area contributed by atoms with Gasteiger partial charge >= 0.3 is 0 Å². The SMILES string of the molecule is COc1ccc(Cl)cc1NC(=O)Cn1nc(-c2ccco2)ccc1=O. The number of anilines is 1. The Labute approximate surface area is 147 Å². The minimum absolute atomic E-state index is 0.261. The highest BCUT2D eigenvalue weighted by molar-refractivity contribution is 6.31. The van der Waals surface area contributed by atoms with Crippen molar-refractivity contribution in [2.45, 2.75) is 6.54 Å². The first-order valence-corrected chi connectivity index (χ1v) is 7.70. The van der Waals surface area contributed by atoms with E-state index in [2.05, 4.69) is 10.4 Å². The Balaban J connectivity index is 1.81. The monoisotopic (exact) mass is 359 g/mol. The molecule has 0 aliphatic rings. The van der Waals surface area contributed by atoms with E-state index in [0.717, 1.165) is 4.68 Å². The van der Waals surface area contributed by atoms with Gasteiger partial charge in [-0.05, 0) is 36.4 Å². The van der Waals surface area contributed by atoms with Crippen LogP contribution in [-0.4, -0.2) is 22.8 Å². The minimum atomic E-state index is -0.438. The predicted molar refractivity (Wildman–Crippen MR) is 92.8 cm³/mol. The maximum atomic E-state index is 12.3. The summed E-state index contributed by atoms with van der Waals surface area (Å²) < 4.78 is 11.5. The molecule has 2 aromatic heterocycles. The Morgan fingerprint density at radius 2 is 2.16 bits per heavy atom. The lowest BCUT2D eigenvalue weighted by molar-refractivity contribution is -0.117. The van der Waals surface area contributed by atoms with E-state index in [9.17, 15) is 9.59 Å². The molecule has 2 heterocycles. The number of benzene rings is 1. The Morgan fingerprint density at radius 1 is 1.32 bits per heavy atom. The van der Waals surface area contributed by atoms with Crippen molar-refractivity contribution in [2.24, 2.45) is 0 Å². The first kappa shape index (κ1) is 16.8. The molecular weight excluding hydrogens is 346 g/mol. The molecule has 0 unspecified atom stereocenters. The van der Waals surface area contributed by atoms with Gasteiger partial charge in [0.1, 0.15) is 18.0 Å². The zero-order valence-electron chi connectivity index (χ0n) is 13.2. The highest BCUT2D eigenvalue weighted by Crippen LogP contribution is 2.27. The van der Waals surface area contributed by atoms with Gasteiger partial charge in [0.05, 0.1) is 19.1 Å². The van der Waals surface area contributed by atoms with Crippen LogP contribution in [0.3, 0.4) is 0 Å². The van der Waals surface area contributed by atoms with Crippen LogP contribution >= 0.6 is 11.6 Å². The molecule has 0 atom stereocenters. The Hall–Kier alpha value is -3.06. The van der Waals surface area contributed by atoms with Crippen LogP contribution < -0.4 is 15.6 Å². The van der Waals surface area contributed by atoms with Gasteiger partial charge in [-0.15, -0.1) is 0 Å². The van der Waals surface area contributed by atoms with Crippen LogP contribution in [0.1, 0.15) is 0 Å². The van der Waals surface area contributed by atoms with Crippen molar-refractivity contribution >= 4 is 23.2 Å². The third-order valence-electron chi connectivity index (χ3n) is 3.37. The molecule has 1 amide bonds. The number of hydrogen-bond donors (Lipinski definition) is 1. The first-order chi connectivity index (χ1) is 12.1. The van der Waals surface area contributed by atoms with Crippen LogP contribution in [0.25, 0.3) is 11.5 Å². The Morgan fingerprint density at radius 3 is 2.88 bits per heavy atom. The van der Waals surface area contributed by atoms with Crippen molar-refractivity contribution in [1.29, 1.82) is 0 Å². The van der Waals surface area contributed by atoms with Crippen LogP contribution in [-0.2, 0) is 11.3 Å². The van der Waals surface area contributed by atoms with Gasteiger partial charge in [0, 0.05) is 11.1 Å². The summed E-state index contributed by atoms with van der Waals surface area (Å²) in [5.41, 5.74) is 0.469. The number of hydrogen-bond acceptors (Lipinski definition) is 5. The number of aromatic nitrogens is 2. The number of rotatable bonds is 5. The first-order valence-electron chi connectivity index (χ1n) is 7.32. The fourth-order valence-corrected chi connectivity index (χ4v) is 2.39. The standard InChI is InChI=1S/C17H14ClN3O4/c1-24-14-6-4-11(18)9-13(14)19-16(22)10-21-17(23)7-5-12(20-21)15-3-2-8-25-15/h2-9H,10H2,1H3,(H,19,22). The van der Waals surface area contributed by atoms with Crippen molar-refractivity contribution in [1.82, 2.24) is 9.78 Å². The quantitative estimate of drug-likeness (QED) is 0.757. The summed E-state index contributed by atoms with van der Waals surface area (Å²) in [5, 5.41) is 7.26. The zero-order valence-corrected chi connectivity index (χ0v) is 14.0. The van der Waals surface area contributed by atoms with Crippen LogP contribution in [0.5, 0.6) is 5.75 Å². The molecule has 3 rings (SSSR count). The van der Waals surface area contributed by atoms with Gasteiger partial charge in [-0.1, -0.05) is 11.6 Å². The number of ether oxygens (including phenoxy) is 1. The summed E-state index contributed by atoms with van der Waals surface area (Å²) in [4.78, 5) is 24.2. The fourth-order valence-electron chi connectivity index (χ4n) is 2.22. The van der Waals surface area contributed by atoms with Crippen molar-refractivity contribution in [2.75, 3.05) is 12.4 Å². The lowest BCUT2D eigenvalue weighted by Gasteiger charge is -2.11. The summed E-state index contributed by atoms with van der Waals surface area (Å²) >= 11 is 5.94. The van der Waals surface area contributed by atoms with E-state index in [-0.39, 0.29) is 6.54 Å². The third-order valence-corrected chi connectivity index (χ3v) is 3.60. The second-order valence-electron chi connectivity index (χ2n) is 5.08. The van der Waals surface area contributed by atoms with Crippen molar-refractivity contribution in [3.05, 3.63) is 64.1 Å². The molecule has 0 aliphatic carbocycles. The normalized spacial score (nSPS) is 10.5. The van der Waals surface area contributed by atoms with E-state index in [1.807, 2.05) is 0 Å². The maximum Gasteiger partial charge on any atom is 0.267 e. The molecule has 0 saturated carbocycles. The van der Waals surface area contributed by atoms with E-state index >= 15 is 0 Å². The Kier molecular flexibility index (Phi) is 4.85. The smallest absolute Gasteiger partial charge is 0.267 e. The molecule has 0 bridgehead atoms. The van der Waals surface area contributed by atoms with E-state index in [1.54, 1.807) is 30.3 Å². The predicted octanol–water partition coefficient (Wildman–Crippen LogP) is 2.80. The molecule has 1 aromatic carbocycles.